The summed E-state index contributed by atoms with van der Waals surface area (Å²) in [6, 6.07) is 3.71. The van der Waals surface area contributed by atoms with Gasteiger partial charge >= 0.3 is 5.97 Å². The zero-order chi connectivity index (χ0) is 18.8. The quantitative estimate of drug-likeness (QED) is 0.497. The van der Waals surface area contributed by atoms with Crippen LogP contribution in [-0.4, -0.2) is 59.5 Å². The molecule has 0 amide bonds. The Hall–Kier alpha value is -3.13. The fourth-order valence-electron chi connectivity index (χ4n) is 3.13. The molecule has 0 aromatic carbocycles. The summed E-state index contributed by atoms with van der Waals surface area (Å²) >= 11 is 0. The fourth-order valence-corrected chi connectivity index (χ4v) is 3.13. The second-order valence-electron chi connectivity index (χ2n) is 6.08. The molecule has 8 nitrogen and oxygen atoms in total. The van der Waals surface area contributed by atoms with E-state index in [1.165, 1.54) is 0 Å². The first kappa shape index (κ1) is 17.3. The molecule has 1 N–H and O–H groups in total. The van der Waals surface area contributed by atoms with Gasteiger partial charge in [0, 0.05) is 36.4 Å². The molecule has 0 spiro atoms. The predicted molar refractivity (Wildman–Crippen MR) is 96.2 cm³/mol. The minimum Gasteiger partial charge on any atom is -0.462 e. The maximum Gasteiger partial charge on any atom is 0.347 e. The summed E-state index contributed by atoms with van der Waals surface area (Å²) in [4.78, 5) is 34.4. The molecular formula is C19H19N3O5. The number of aromatic nitrogens is 2. The number of ketones is 1. The third kappa shape index (κ3) is 3.19. The highest BCUT2D eigenvalue weighted by Crippen LogP contribution is 2.31. The molecule has 0 bridgehead atoms. The van der Waals surface area contributed by atoms with Gasteiger partial charge < -0.3 is 24.1 Å². The second-order valence-corrected chi connectivity index (χ2v) is 6.08. The van der Waals surface area contributed by atoms with Crippen molar-refractivity contribution in [3.05, 3.63) is 47.3 Å². The van der Waals surface area contributed by atoms with E-state index in [9.17, 15) is 9.59 Å². The molecule has 0 saturated carbocycles. The lowest BCUT2D eigenvalue weighted by molar-refractivity contribution is -0.139. The Morgan fingerprint density at radius 3 is 3.00 bits per heavy atom. The molecule has 0 unspecified atom stereocenters. The normalized spacial score (nSPS) is 19.1. The zero-order valence-electron chi connectivity index (χ0n) is 14.9. The minimum absolute atomic E-state index is 0.0667. The maximum absolute atomic E-state index is 12.9. The third-order valence-electron chi connectivity index (χ3n) is 4.42. The van der Waals surface area contributed by atoms with Crippen LogP contribution in [0.15, 0.2) is 41.7 Å². The highest BCUT2D eigenvalue weighted by Gasteiger charge is 2.39. The SMILES string of the molecule is CCOC(=O)C1=C(N2CCOCC2)O/C(=C\c2c[nH]c3ncccc23)C1=O. The van der Waals surface area contributed by atoms with Gasteiger partial charge in [-0.3, -0.25) is 4.79 Å². The standard InChI is InChI=1S/C19H19N3O5/c1-2-26-19(24)15-16(23)14(27-18(15)22-6-8-25-9-7-22)10-12-11-21-17-13(12)4-3-5-20-17/h3-5,10-11H,2,6-9H2,1H3,(H,20,21)/b14-10-. The molecule has 2 aliphatic heterocycles. The summed E-state index contributed by atoms with van der Waals surface area (Å²) in [6.45, 7) is 3.96. The van der Waals surface area contributed by atoms with Crippen molar-refractivity contribution < 1.29 is 23.8 Å². The number of ether oxygens (including phenoxy) is 3. The molecule has 0 radical (unpaired) electrons. The van der Waals surface area contributed by atoms with E-state index in [0.717, 1.165) is 10.9 Å². The van der Waals surface area contributed by atoms with Crippen molar-refractivity contribution >= 4 is 28.9 Å². The number of pyridine rings is 1. The van der Waals surface area contributed by atoms with Gasteiger partial charge in [0.2, 0.25) is 11.7 Å². The molecule has 8 heteroatoms. The van der Waals surface area contributed by atoms with E-state index in [1.54, 1.807) is 25.4 Å². The van der Waals surface area contributed by atoms with Crippen LogP contribution in [-0.2, 0) is 23.8 Å². The first-order valence-corrected chi connectivity index (χ1v) is 8.79. The molecule has 140 valence electrons. The monoisotopic (exact) mass is 369 g/mol. The zero-order valence-corrected chi connectivity index (χ0v) is 14.9. The number of allylic oxidation sites excluding steroid dienone is 1. The number of morpholine rings is 1. The van der Waals surface area contributed by atoms with E-state index in [2.05, 4.69) is 9.97 Å². The molecule has 0 aliphatic carbocycles. The molecule has 2 aliphatic rings. The van der Waals surface area contributed by atoms with Gasteiger partial charge in [-0.15, -0.1) is 0 Å². The molecule has 2 aromatic rings. The molecule has 4 rings (SSSR count). The number of fused-ring (bicyclic) bond motifs is 1. The maximum atomic E-state index is 12.9. The Morgan fingerprint density at radius 2 is 2.22 bits per heavy atom. The van der Waals surface area contributed by atoms with Gasteiger partial charge in [-0.05, 0) is 25.1 Å². The van der Waals surface area contributed by atoms with Gasteiger partial charge in [0.15, 0.2) is 11.3 Å². The first-order chi connectivity index (χ1) is 13.2. The predicted octanol–water partition coefficient (Wildman–Crippen LogP) is 1.61. The minimum atomic E-state index is -0.673. The van der Waals surface area contributed by atoms with Crippen LogP contribution >= 0.6 is 0 Å². The van der Waals surface area contributed by atoms with E-state index in [-0.39, 0.29) is 23.8 Å². The van der Waals surface area contributed by atoms with Crippen molar-refractivity contribution in [2.24, 2.45) is 0 Å². The van der Waals surface area contributed by atoms with E-state index >= 15 is 0 Å². The average molecular weight is 369 g/mol. The van der Waals surface area contributed by atoms with Crippen molar-refractivity contribution in [3.63, 3.8) is 0 Å². The summed E-state index contributed by atoms with van der Waals surface area (Å²) in [5.41, 5.74) is 1.40. The van der Waals surface area contributed by atoms with E-state index in [0.29, 0.717) is 32.0 Å². The van der Waals surface area contributed by atoms with Gasteiger partial charge in [-0.2, -0.15) is 0 Å². The van der Waals surface area contributed by atoms with Gasteiger partial charge in [0.25, 0.3) is 0 Å². The van der Waals surface area contributed by atoms with Crippen LogP contribution in [0.5, 0.6) is 0 Å². The highest BCUT2D eigenvalue weighted by molar-refractivity contribution is 6.26. The van der Waals surface area contributed by atoms with Gasteiger partial charge in [0.1, 0.15) is 5.65 Å². The second kappa shape index (κ2) is 7.24. The number of hydrogen-bond donors (Lipinski definition) is 1. The Labute approximate surface area is 155 Å². The lowest BCUT2D eigenvalue weighted by Gasteiger charge is -2.28. The van der Waals surface area contributed by atoms with Crippen molar-refractivity contribution in [1.29, 1.82) is 0 Å². The van der Waals surface area contributed by atoms with Crippen molar-refractivity contribution in [1.82, 2.24) is 14.9 Å². The number of carbonyl (C=O) groups excluding carboxylic acids is 2. The Bertz CT molecular complexity index is 953. The Balaban J connectivity index is 1.70. The summed E-state index contributed by atoms with van der Waals surface area (Å²) < 4.78 is 16.3. The lowest BCUT2D eigenvalue weighted by Crippen LogP contribution is -2.36. The topological polar surface area (TPSA) is 93.8 Å². The van der Waals surface area contributed by atoms with Crippen LogP contribution in [0.3, 0.4) is 0 Å². The highest BCUT2D eigenvalue weighted by atomic mass is 16.5. The van der Waals surface area contributed by atoms with E-state index in [1.807, 2.05) is 17.0 Å². The van der Waals surface area contributed by atoms with Crippen LogP contribution in [0.25, 0.3) is 17.1 Å². The molecule has 0 atom stereocenters. The van der Waals surface area contributed by atoms with Crippen molar-refractivity contribution in [3.8, 4) is 0 Å². The van der Waals surface area contributed by atoms with Crippen LogP contribution in [0.2, 0.25) is 0 Å². The molecule has 27 heavy (non-hydrogen) atoms. The van der Waals surface area contributed by atoms with Crippen LogP contribution in [0.4, 0.5) is 0 Å². The molecule has 2 aromatic heterocycles. The molecule has 1 fully saturated rings. The number of aromatic amines is 1. The van der Waals surface area contributed by atoms with Gasteiger partial charge in [-0.1, -0.05) is 0 Å². The lowest BCUT2D eigenvalue weighted by atomic mass is 10.1. The van der Waals surface area contributed by atoms with Crippen LogP contribution < -0.4 is 0 Å². The molecule has 4 heterocycles. The smallest absolute Gasteiger partial charge is 0.347 e. The van der Waals surface area contributed by atoms with Crippen molar-refractivity contribution in [2.45, 2.75) is 6.92 Å². The van der Waals surface area contributed by atoms with E-state index in [4.69, 9.17) is 14.2 Å². The summed E-state index contributed by atoms with van der Waals surface area (Å²) in [6.07, 6.45) is 5.05. The number of nitrogens with one attached hydrogen (secondary N) is 1. The Morgan fingerprint density at radius 1 is 1.41 bits per heavy atom. The largest absolute Gasteiger partial charge is 0.462 e. The van der Waals surface area contributed by atoms with Crippen LogP contribution in [0, 0.1) is 0 Å². The third-order valence-corrected chi connectivity index (χ3v) is 4.42. The van der Waals surface area contributed by atoms with E-state index < -0.39 is 11.8 Å². The van der Waals surface area contributed by atoms with Crippen LogP contribution in [0.1, 0.15) is 12.5 Å². The van der Waals surface area contributed by atoms with Gasteiger partial charge in [0.05, 0.1) is 19.8 Å². The Kier molecular flexibility index (Phi) is 4.64. The molecule has 1 saturated heterocycles. The summed E-state index contributed by atoms with van der Waals surface area (Å²) in [5.74, 6) is -0.823. The number of rotatable bonds is 4. The number of hydrogen-bond acceptors (Lipinski definition) is 7. The number of carbonyl (C=O) groups is 2. The number of Topliss-reactive ketones (excluding diaryl/α,β-unsaturated/α-hetero) is 1. The molecular weight excluding hydrogens is 350 g/mol. The number of esters is 1. The number of nitrogens with zero attached hydrogens (tertiary/aromatic N) is 2. The van der Waals surface area contributed by atoms with Gasteiger partial charge in [-0.25, -0.2) is 9.78 Å². The van der Waals surface area contributed by atoms with Crippen molar-refractivity contribution in [2.75, 3.05) is 32.9 Å². The summed E-state index contributed by atoms with van der Waals surface area (Å²) in [5, 5.41) is 0.860. The number of H-pyrrole nitrogens is 1. The first-order valence-electron chi connectivity index (χ1n) is 8.79. The fraction of sp³-hybridized carbons (Fsp3) is 0.316. The average Bonchev–Trinajstić information content (AvgIpc) is 3.25. The summed E-state index contributed by atoms with van der Waals surface area (Å²) in [7, 11) is 0.